The molecule has 0 unspecified atom stereocenters. The van der Waals surface area contributed by atoms with Crippen LogP contribution in [0.2, 0.25) is 5.02 Å². The van der Waals surface area contributed by atoms with Gasteiger partial charge in [-0.3, -0.25) is 9.10 Å². The van der Waals surface area contributed by atoms with E-state index in [-0.39, 0.29) is 16.4 Å². The molecule has 4 rings (SSSR count). The average molecular weight is 553 g/mol. The molecular weight excluding hydrogens is 527 g/mol. The number of benzene rings is 3. The lowest BCUT2D eigenvalue weighted by atomic mass is 10.2. The third-order valence-corrected chi connectivity index (χ3v) is 8.00. The summed E-state index contributed by atoms with van der Waals surface area (Å²) in [6.07, 6.45) is 1.49. The van der Waals surface area contributed by atoms with Gasteiger partial charge in [0, 0.05) is 27.7 Å². The summed E-state index contributed by atoms with van der Waals surface area (Å²) in [6, 6.07) is 20.6. The first-order chi connectivity index (χ1) is 18.1. The first kappa shape index (κ1) is 27.1. The Kier molecular flexibility index (Phi) is 7.99. The standard InChI is InChI=1S/C28H26ClFN4O3S/c1-19-4-14-27(15-5-19)38(36,37)33(25-10-6-23(29)7-11-25)18-28(35)32-31-17-22-16-20(2)34(21(22)3)26-12-8-24(30)9-13-26/h4-17H,18H2,1-3H3,(H,32,35)/b31-17-. The maximum Gasteiger partial charge on any atom is 0.264 e. The van der Waals surface area contributed by atoms with Crippen molar-refractivity contribution < 1.29 is 17.6 Å². The second kappa shape index (κ2) is 11.2. The zero-order valence-electron chi connectivity index (χ0n) is 21.0. The maximum atomic E-state index is 13.4. The van der Waals surface area contributed by atoms with E-state index in [1.807, 2.05) is 31.4 Å². The fourth-order valence-electron chi connectivity index (χ4n) is 4.01. The number of hydrogen-bond acceptors (Lipinski definition) is 4. The van der Waals surface area contributed by atoms with E-state index in [4.69, 9.17) is 11.6 Å². The van der Waals surface area contributed by atoms with Gasteiger partial charge < -0.3 is 4.57 Å². The molecule has 4 aromatic rings. The predicted molar refractivity (Wildman–Crippen MR) is 148 cm³/mol. The first-order valence-corrected chi connectivity index (χ1v) is 13.5. The van der Waals surface area contributed by atoms with Gasteiger partial charge in [-0.1, -0.05) is 29.3 Å². The molecule has 0 atom stereocenters. The summed E-state index contributed by atoms with van der Waals surface area (Å²) >= 11 is 5.98. The van der Waals surface area contributed by atoms with Gasteiger partial charge in [0.25, 0.3) is 15.9 Å². The highest BCUT2D eigenvalue weighted by Crippen LogP contribution is 2.25. The molecule has 1 heterocycles. The van der Waals surface area contributed by atoms with Crippen LogP contribution in [0.3, 0.4) is 0 Å². The number of anilines is 1. The number of aromatic nitrogens is 1. The molecule has 7 nitrogen and oxygen atoms in total. The number of hydrazone groups is 1. The average Bonchev–Trinajstić information content (AvgIpc) is 3.16. The summed E-state index contributed by atoms with van der Waals surface area (Å²) in [7, 11) is -4.05. The molecule has 0 saturated carbocycles. The normalized spacial score (nSPS) is 11.6. The number of nitrogens with zero attached hydrogens (tertiary/aromatic N) is 3. The zero-order valence-corrected chi connectivity index (χ0v) is 22.6. The number of hydrogen-bond donors (Lipinski definition) is 1. The number of halogens is 2. The van der Waals surface area contributed by atoms with Crippen LogP contribution in [0.4, 0.5) is 10.1 Å². The summed E-state index contributed by atoms with van der Waals surface area (Å²) < 4.78 is 43.2. The van der Waals surface area contributed by atoms with Crippen molar-refractivity contribution in [1.29, 1.82) is 0 Å². The molecule has 0 aliphatic rings. The molecule has 0 fully saturated rings. The minimum atomic E-state index is -4.05. The molecule has 0 bridgehead atoms. The van der Waals surface area contributed by atoms with Gasteiger partial charge in [0.05, 0.1) is 16.8 Å². The van der Waals surface area contributed by atoms with Crippen LogP contribution >= 0.6 is 11.6 Å². The SMILES string of the molecule is Cc1ccc(S(=O)(=O)N(CC(=O)N/N=C\c2cc(C)n(-c3ccc(F)cc3)c2C)c2ccc(Cl)cc2)cc1. The van der Waals surface area contributed by atoms with Crippen molar-refractivity contribution in [3.8, 4) is 5.69 Å². The van der Waals surface area contributed by atoms with Crippen molar-refractivity contribution >= 4 is 39.4 Å². The van der Waals surface area contributed by atoms with Crippen molar-refractivity contribution in [1.82, 2.24) is 9.99 Å². The molecule has 0 aliphatic carbocycles. The predicted octanol–water partition coefficient (Wildman–Crippen LogP) is 5.54. The van der Waals surface area contributed by atoms with E-state index in [9.17, 15) is 17.6 Å². The Labute approximate surface area is 226 Å². The molecular formula is C28H26ClFN4O3S. The van der Waals surface area contributed by atoms with E-state index in [0.717, 1.165) is 32.5 Å². The second-order valence-electron chi connectivity index (χ2n) is 8.73. The molecule has 1 N–H and O–H groups in total. The van der Waals surface area contributed by atoms with Crippen LogP contribution in [0.5, 0.6) is 0 Å². The molecule has 3 aromatic carbocycles. The molecule has 196 valence electrons. The van der Waals surface area contributed by atoms with Gasteiger partial charge in [-0.25, -0.2) is 18.2 Å². The lowest BCUT2D eigenvalue weighted by molar-refractivity contribution is -0.119. The van der Waals surface area contributed by atoms with Gasteiger partial charge in [0.1, 0.15) is 12.4 Å². The van der Waals surface area contributed by atoms with Crippen LogP contribution in [-0.2, 0) is 14.8 Å². The van der Waals surface area contributed by atoms with E-state index in [0.29, 0.717) is 5.02 Å². The fourth-order valence-corrected chi connectivity index (χ4v) is 5.55. The van der Waals surface area contributed by atoms with Gasteiger partial charge >= 0.3 is 0 Å². The summed E-state index contributed by atoms with van der Waals surface area (Å²) in [4.78, 5) is 12.9. The molecule has 1 aromatic heterocycles. The summed E-state index contributed by atoms with van der Waals surface area (Å²) in [5.41, 5.74) is 6.90. The lowest BCUT2D eigenvalue weighted by Gasteiger charge is -2.23. The topological polar surface area (TPSA) is 83.8 Å². The van der Waals surface area contributed by atoms with E-state index in [1.54, 1.807) is 36.4 Å². The van der Waals surface area contributed by atoms with Gasteiger partial charge in [0.15, 0.2) is 0 Å². The molecule has 0 spiro atoms. The van der Waals surface area contributed by atoms with Crippen LogP contribution in [0.15, 0.2) is 88.9 Å². The van der Waals surface area contributed by atoms with Crippen LogP contribution < -0.4 is 9.73 Å². The molecule has 0 radical (unpaired) electrons. The Hall–Kier alpha value is -3.95. The Morgan fingerprint density at radius 3 is 2.26 bits per heavy atom. The second-order valence-corrected chi connectivity index (χ2v) is 11.0. The van der Waals surface area contributed by atoms with Gasteiger partial charge in [-0.15, -0.1) is 0 Å². The van der Waals surface area contributed by atoms with Gasteiger partial charge in [-0.05, 0) is 87.5 Å². The lowest BCUT2D eigenvalue weighted by Crippen LogP contribution is -2.39. The summed E-state index contributed by atoms with van der Waals surface area (Å²) in [6.45, 7) is 5.15. The minimum Gasteiger partial charge on any atom is -0.318 e. The first-order valence-electron chi connectivity index (χ1n) is 11.7. The van der Waals surface area contributed by atoms with Crippen molar-refractivity contribution in [2.24, 2.45) is 5.10 Å². The molecule has 0 saturated heterocycles. The fraction of sp³-hybridized carbons (Fsp3) is 0.143. The number of rotatable bonds is 8. The largest absolute Gasteiger partial charge is 0.318 e. The summed E-state index contributed by atoms with van der Waals surface area (Å²) in [5, 5.41) is 4.49. The summed E-state index contributed by atoms with van der Waals surface area (Å²) in [5.74, 6) is -0.947. The Morgan fingerprint density at radius 1 is 1.00 bits per heavy atom. The highest BCUT2D eigenvalue weighted by molar-refractivity contribution is 7.92. The number of nitrogens with one attached hydrogen (secondary N) is 1. The molecule has 1 amide bonds. The minimum absolute atomic E-state index is 0.0579. The monoisotopic (exact) mass is 552 g/mol. The van der Waals surface area contributed by atoms with Gasteiger partial charge in [-0.2, -0.15) is 5.10 Å². The maximum absolute atomic E-state index is 13.4. The number of carbonyl (C=O) groups is 1. The highest BCUT2D eigenvalue weighted by Gasteiger charge is 2.27. The third kappa shape index (κ3) is 5.95. The van der Waals surface area contributed by atoms with Crippen molar-refractivity contribution in [2.75, 3.05) is 10.8 Å². The van der Waals surface area contributed by atoms with Crippen LogP contribution in [0.1, 0.15) is 22.5 Å². The van der Waals surface area contributed by atoms with Crippen molar-refractivity contribution in [3.05, 3.63) is 112 Å². The Morgan fingerprint density at radius 2 is 1.63 bits per heavy atom. The Bertz CT molecular complexity index is 1580. The zero-order chi connectivity index (χ0) is 27.4. The number of carbonyl (C=O) groups excluding carboxylic acids is 1. The highest BCUT2D eigenvalue weighted by atomic mass is 35.5. The van der Waals surface area contributed by atoms with Crippen molar-refractivity contribution in [2.45, 2.75) is 25.7 Å². The van der Waals surface area contributed by atoms with E-state index < -0.39 is 22.5 Å². The van der Waals surface area contributed by atoms with E-state index in [1.165, 1.54) is 42.6 Å². The van der Waals surface area contributed by atoms with E-state index >= 15 is 0 Å². The van der Waals surface area contributed by atoms with Crippen LogP contribution in [-0.4, -0.2) is 31.7 Å². The Balaban J connectivity index is 1.54. The number of aryl methyl sites for hydroxylation is 2. The smallest absolute Gasteiger partial charge is 0.264 e. The van der Waals surface area contributed by atoms with Crippen LogP contribution in [0, 0.1) is 26.6 Å². The van der Waals surface area contributed by atoms with Crippen molar-refractivity contribution in [3.63, 3.8) is 0 Å². The third-order valence-electron chi connectivity index (χ3n) is 5.96. The molecule has 38 heavy (non-hydrogen) atoms. The molecule has 10 heteroatoms. The van der Waals surface area contributed by atoms with Gasteiger partial charge in [0.2, 0.25) is 0 Å². The van der Waals surface area contributed by atoms with E-state index in [2.05, 4.69) is 10.5 Å². The number of sulfonamides is 1. The van der Waals surface area contributed by atoms with Crippen LogP contribution in [0.25, 0.3) is 5.69 Å². The quantitative estimate of drug-likeness (QED) is 0.230. The molecule has 0 aliphatic heterocycles. The number of amides is 1.